The van der Waals surface area contributed by atoms with Gasteiger partial charge in [0, 0.05) is 31.4 Å². The van der Waals surface area contributed by atoms with Crippen LogP contribution in [-0.4, -0.2) is 33.3 Å². The lowest BCUT2D eigenvalue weighted by Crippen LogP contribution is -2.26. The standard InChI is InChI=1S/C18H29N5/c1-6-8-10-23(11-9-7-2)17-13-15(4)14(3)12-16(17)18-19-20-21-22(18)5/h12-13H,6-11H2,1-5H3. The molecular formula is C18H29N5. The van der Waals surface area contributed by atoms with Crippen LogP contribution in [0.25, 0.3) is 11.4 Å². The van der Waals surface area contributed by atoms with E-state index in [1.807, 2.05) is 7.05 Å². The molecule has 0 N–H and O–H groups in total. The molecule has 0 bridgehead atoms. The Balaban J connectivity index is 2.48. The molecule has 0 aliphatic carbocycles. The summed E-state index contributed by atoms with van der Waals surface area (Å²) in [7, 11) is 1.90. The molecule has 1 aromatic heterocycles. The fourth-order valence-corrected chi connectivity index (χ4v) is 2.75. The van der Waals surface area contributed by atoms with Crippen molar-refractivity contribution in [1.82, 2.24) is 20.2 Å². The predicted molar refractivity (Wildman–Crippen MR) is 95.7 cm³/mol. The van der Waals surface area contributed by atoms with Crippen molar-refractivity contribution in [3.8, 4) is 11.4 Å². The van der Waals surface area contributed by atoms with Crippen LogP contribution < -0.4 is 4.90 Å². The molecular weight excluding hydrogens is 286 g/mol. The summed E-state index contributed by atoms with van der Waals surface area (Å²) in [5.41, 5.74) is 4.98. The Morgan fingerprint density at radius 3 is 2.13 bits per heavy atom. The molecule has 0 aliphatic heterocycles. The summed E-state index contributed by atoms with van der Waals surface area (Å²) in [5, 5.41) is 12.1. The highest BCUT2D eigenvalue weighted by molar-refractivity contribution is 5.76. The lowest BCUT2D eigenvalue weighted by molar-refractivity contribution is 0.677. The molecule has 2 rings (SSSR count). The van der Waals surface area contributed by atoms with E-state index >= 15 is 0 Å². The number of aromatic nitrogens is 4. The second-order valence-electron chi connectivity index (χ2n) is 6.27. The lowest BCUT2D eigenvalue weighted by atomic mass is 10.0. The van der Waals surface area contributed by atoms with E-state index in [1.165, 1.54) is 42.5 Å². The van der Waals surface area contributed by atoms with Gasteiger partial charge in [0.05, 0.1) is 0 Å². The van der Waals surface area contributed by atoms with Crippen LogP contribution in [0.5, 0.6) is 0 Å². The molecule has 0 aliphatic rings. The van der Waals surface area contributed by atoms with Crippen LogP contribution in [-0.2, 0) is 7.05 Å². The maximum atomic E-state index is 4.24. The van der Waals surface area contributed by atoms with Gasteiger partial charge in [0.2, 0.25) is 0 Å². The van der Waals surface area contributed by atoms with Crippen molar-refractivity contribution >= 4 is 5.69 Å². The fraction of sp³-hybridized carbons (Fsp3) is 0.611. The van der Waals surface area contributed by atoms with Crippen molar-refractivity contribution in [3.05, 3.63) is 23.3 Å². The van der Waals surface area contributed by atoms with Crippen LogP contribution in [0.15, 0.2) is 12.1 Å². The molecule has 0 amide bonds. The minimum absolute atomic E-state index is 0.834. The van der Waals surface area contributed by atoms with Gasteiger partial charge < -0.3 is 4.90 Å². The highest BCUT2D eigenvalue weighted by atomic mass is 15.5. The van der Waals surface area contributed by atoms with Crippen molar-refractivity contribution in [2.75, 3.05) is 18.0 Å². The summed E-state index contributed by atoms with van der Waals surface area (Å²) in [4.78, 5) is 2.50. The Hall–Kier alpha value is -1.91. The van der Waals surface area contributed by atoms with Crippen LogP contribution in [0.2, 0.25) is 0 Å². The van der Waals surface area contributed by atoms with E-state index in [9.17, 15) is 0 Å². The number of unbranched alkanes of at least 4 members (excludes halogenated alkanes) is 2. The minimum Gasteiger partial charge on any atom is -0.371 e. The maximum absolute atomic E-state index is 4.24. The molecule has 2 aromatic rings. The molecule has 0 fully saturated rings. The Bertz CT molecular complexity index is 624. The topological polar surface area (TPSA) is 46.8 Å². The molecule has 5 heteroatoms. The second kappa shape index (κ2) is 8.09. The Morgan fingerprint density at radius 1 is 1.00 bits per heavy atom. The highest BCUT2D eigenvalue weighted by Crippen LogP contribution is 2.32. The first-order chi connectivity index (χ1) is 11.1. The van der Waals surface area contributed by atoms with Gasteiger partial charge >= 0.3 is 0 Å². The van der Waals surface area contributed by atoms with Gasteiger partial charge in [0.15, 0.2) is 5.82 Å². The van der Waals surface area contributed by atoms with E-state index in [0.717, 1.165) is 24.5 Å². The van der Waals surface area contributed by atoms with Gasteiger partial charge in [0.25, 0.3) is 0 Å². The van der Waals surface area contributed by atoms with Crippen molar-refractivity contribution in [2.24, 2.45) is 7.05 Å². The minimum atomic E-state index is 0.834. The average Bonchev–Trinajstić information content (AvgIpc) is 2.96. The van der Waals surface area contributed by atoms with Crippen LogP contribution in [0.4, 0.5) is 5.69 Å². The summed E-state index contributed by atoms with van der Waals surface area (Å²) in [5.74, 6) is 0.834. The first kappa shape index (κ1) is 17.4. The number of tetrazole rings is 1. The summed E-state index contributed by atoms with van der Waals surface area (Å²) >= 11 is 0. The van der Waals surface area contributed by atoms with E-state index in [4.69, 9.17) is 0 Å². The molecule has 1 aromatic carbocycles. The number of nitrogens with zero attached hydrogens (tertiary/aromatic N) is 5. The van der Waals surface area contributed by atoms with Crippen LogP contribution in [0.1, 0.15) is 50.7 Å². The summed E-state index contributed by atoms with van der Waals surface area (Å²) in [6.45, 7) is 11.0. The lowest BCUT2D eigenvalue weighted by Gasteiger charge is -2.27. The zero-order valence-corrected chi connectivity index (χ0v) is 15.1. The maximum Gasteiger partial charge on any atom is 0.183 e. The summed E-state index contributed by atoms with van der Waals surface area (Å²) < 4.78 is 1.76. The Morgan fingerprint density at radius 2 is 1.61 bits per heavy atom. The van der Waals surface area contributed by atoms with Gasteiger partial charge in [-0.15, -0.1) is 5.10 Å². The largest absolute Gasteiger partial charge is 0.371 e. The van der Waals surface area contributed by atoms with E-state index in [-0.39, 0.29) is 0 Å². The van der Waals surface area contributed by atoms with Crippen molar-refractivity contribution in [2.45, 2.75) is 53.4 Å². The average molecular weight is 315 g/mol. The number of rotatable bonds is 8. The number of aryl methyl sites for hydroxylation is 3. The molecule has 1 heterocycles. The quantitative estimate of drug-likeness (QED) is 0.741. The van der Waals surface area contributed by atoms with Crippen molar-refractivity contribution in [3.63, 3.8) is 0 Å². The van der Waals surface area contributed by atoms with Gasteiger partial charge in [-0.05, 0) is 60.4 Å². The first-order valence-corrected chi connectivity index (χ1v) is 8.67. The number of benzene rings is 1. The molecule has 126 valence electrons. The first-order valence-electron chi connectivity index (χ1n) is 8.67. The number of hydrogen-bond acceptors (Lipinski definition) is 4. The molecule has 23 heavy (non-hydrogen) atoms. The van der Waals surface area contributed by atoms with Gasteiger partial charge in [-0.2, -0.15) is 0 Å². The summed E-state index contributed by atoms with van der Waals surface area (Å²) in [6, 6.07) is 4.52. The second-order valence-corrected chi connectivity index (χ2v) is 6.27. The van der Waals surface area contributed by atoms with Crippen LogP contribution >= 0.6 is 0 Å². The van der Waals surface area contributed by atoms with Gasteiger partial charge in [-0.1, -0.05) is 26.7 Å². The number of anilines is 1. The van der Waals surface area contributed by atoms with E-state index in [1.54, 1.807) is 4.68 Å². The van der Waals surface area contributed by atoms with Crippen molar-refractivity contribution in [1.29, 1.82) is 0 Å². The molecule has 0 saturated carbocycles. The monoisotopic (exact) mass is 315 g/mol. The smallest absolute Gasteiger partial charge is 0.183 e. The fourth-order valence-electron chi connectivity index (χ4n) is 2.75. The number of hydrogen-bond donors (Lipinski definition) is 0. The third-order valence-electron chi connectivity index (χ3n) is 4.38. The third kappa shape index (κ3) is 4.09. The Kier molecular flexibility index (Phi) is 6.13. The molecule has 0 unspecified atom stereocenters. The van der Waals surface area contributed by atoms with E-state index in [2.05, 4.69) is 60.3 Å². The van der Waals surface area contributed by atoms with E-state index < -0.39 is 0 Å². The molecule has 0 radical (unpaired) electrons. The van der Waals surface area contributed by atoms with Gasteiger partial charge in [-0.25, -0.2) is 4.68 Å². The zero-order valence-electron chi connectivity index (χ0n) is 15.1. The van der Waals surface area contributed by atoms with Gasteiger partial charge in [0.1, 0.15) is 0 Å². The predicted octanol–water partition coefficient (Wildman–Crippen LogP) is 3.90. The highest BCUT2D eigenvalue weighted by Gasteiger charge is 2.17. The molecule has 0 saturated heterocycles. The van der Waals surface area contributed by atoms with Crippen LogP contribution in [0, 0.1) is 13.8 Å². The molecule has 0 atom stereocenters. The van der Waals surface area contributed by atoms with Crippen LogP contribution in [0.3, 0.4) is 0 Å². The van der Waals surface area contributed by atoms with E-state index in [0.29, 0.717) is 0 Å². The third-order valence-corrected chi connectivity index (χ3v) is 4.38. The zero-order chi connectivity index (χ0) is 16.8. The summed E-state index contributed by atoms with van der Waals surface area (Å²) in [6.07, 6.45) is 4.81. The normalized spacial score (nSPS) is 11.0. The SMILES string of the molecule is CCCCN(CCCC)c1cc(C)c(C)cc1-c1nnnn1C. The Labute approximate surface area is 139 Å². The molecule has 0 spiro atoms. The molecule has 5 nitrogen and oxygen atoms in total. The van der Waals surface area contributed by atoms with Gasteiger partial charge in [-0.3, -0.25) is 0 Å². The van der Waals surface area contributed by atoms with Crippen molar-refractivity contribution < 1.29 is 0 Å².